The van der Waals surface area contributed by atoms with E-state index in [2.05, 4.69) is 15.5 Å². The number of hydrogen-bond acceptors (Lipinski definition) is 6. The van der Waals surface area contributed by atoms with Gasteiger partial charge in [-0.3, -0.25) is 4.79 Å². The van der Waals surface area contributed by atoms with Crippen molar-refractivity contribution in [2.24, 2.45) is 5.92 Å². The van der Waals surface area contributed by atoms with Gasteiger partial charge in [0, 0.05) is 24.6 Å². The quantitative estimate of drug-likeness (QED) is 0.638. The van der Waals surface area contributed by atoms with Gasteiger partial charge in [-0.15, -0.1) is 0 Å². The second kappa shape index (κ2) is 9.31. The Morgan fingerprint density at radius 1 is 1.09 bits per heavy atom. The summed E-state index contributed by atoms with van der Waals surface area (Å²) in [6, 6.07) is 5.74. The minimum atomic E-state index is -3.59. The van der Waals surface area contributed by atoms with Crippen LogP contribution < -0.4 is 5.32 Å². The number of sulfonamides is 1. The minimum Gasteiger partial charge on any atom is -0.340 e. The molecule has 1 N–H and O–H groups in total. The maximum Gasteiger partial charge on any atom is 0.251 e. The number of carbonyl (C=O) groups is 1. The third kappa shape index (κ3) is 4.88. The molecule has 174 valence electrons. The standard InChI is InChI=1S/C23H32N4O4S/c1-15(2)20(23-25-21(26-31-23)16-9-10-16)24-22(28)17-11-13-19(14-12-17)32(29,30)27(3)18-7-5-4-6-8-18/h11-16,18,20H,4-10H2,1-3H3,(H,24,28). The molecule has 1 heterocycles. The van der Waals surface area contributed by atoms with E-state index >= 15 is 0 Å². The lowest BCUT2D eigenvalue weighted by molar-refractivity contribution is 0.0914. The second-order valence-corrected chi connectivity index (χ2v) is 11.3. The summed E-state index contributed by atoms with van der Waals surface area (Å²) in [5.41, 5.74) is 0.386. The summed E-state index contributed by atoms with van der Waals surface area (Å²) >= 11 is 0. The third-order valence-corrected chi connectivity index (χ3v) is 8.43. The minimum absolute atomic E-state index is 0.0402. The van der Waals surface area contributed by atoms with Crippen LogP contribution in [0, 0.1) is 5.92 Å². The highest BCUT2D eigenvalue weighted by Gasteiger charge is 2.32. The molecule has 1 aromatic carbocycles. The molecule has 1 aromatic heterocycles. The molecule has 2 aliphatic carbocycles. The van der Waals surface area contributed by atoms with E-state index in [4.69, 9.17) is 4.52 Å². The Bertz CT molecular complexity index is 1040. The van der Waals surface area contributed by atoms with E-state index < -0.39 is 16.1 Å². The molecule has 9 heteroatoms. The van der Waals surface area contributed by atoms with Crippen molar-refractivity contribution in [1.29, 1.82) is 0 Å². The Kier molecular flexibility index (Phi) is 6.67. The highest BCUT2D eigenvalue weighted by atomic mass is 32.2. The van der Waals surface area contributed by atoms with Crippen LogP contribution in [0.1, 0.15) is 92.8 Å². The number of carbonyl (C=O) groups excluding carboxylic acids is 1. The molecular weight excluding hydrogens is 428 g/mol. The van der Waals surface area contributed by atoms with E-state index in [1.807, 2.05) is 13.8 Å². The number of nitrogens with zero attached hydrogens (tertiary/aromatic N) is 3. The van der Waals surface area contributed by atoms with Crippen LogP contribution in [-0.2, 0) is 10.0 Å². The van der Waals surface area contributed by atoms with Crippen molar-refractivity contribution >= 4 is 15.9 Å². The van der Waals surface area contributed by atoms with Crippen molar-refractivity contribution < 1.29 is 17.7 Å². The zero-order valence-electron chi connectivity index (χ0n) is 19.0. The molecule has 8 nitrogen and oxygen atoms in total. The lowest BCUT2D eigenvalue weighted by Crippen LogP contribution is -2.38. The van der Waals surface area contributed by atoms with Crippen LogP contribution in [0.15, 0.2) is 33.7 Å². The normalized spacial score (nSPS) is 18.8. The summed E-state index contributed by atoms with van der Waals surface area (Å²) in [6.07, 6.45) is 7.21. The number of nitrogens with one attached hydrogen (secondary N) is 1. The Balaban J connectivity index is 1.45. The summed E-state index contributed by atoms with van der Waals surface area (Å²) in [4.78, 5) is 17.5. The summed E-state index contributed by atoms with van der Waals surface area (Å²) in [5, 5.41) is 7.01. The van der Waals surface area contributed by atoms with Gasteiger partial charge in [0.1, 0.15) is 6.04 Å². The van der Waals surface area contributed by atoms with Crippen LogP contribution in [0.3, 0.4) is 0 Å². The van der Waals surface area contributed by atoms with Gasteiger partial charge in [-0.1, -0.05) is 38.3 Å². The molecule has 1 amide bonds. The number of amides is 1. The van der Waals surface area contributed by atoms with Crippen molar-refractivity contribution in [1.82, 2.24) is 19.8 Å². The summed E-state index contributed by atoms with van der Waals surface area (Å²) in [7, 11) is -1.94. The number of rotatable bonds is 8. The van der Waals surface area contributed by atoms with Gasteiger partial charge < -0.3 is 9.84 Å². The van der Waals surface area contributed by atoms with Crippen molar-refractivity contribution in [2.45, 2.75) is 81.7 Å². The Morgan fingerprint density at radius 3 is 2.34 bits per heavy atom. The number of benzene rings is 1. The monoisotopic (exact) mass is 460 g/mol. The molecule has 1 unspecified atom stereocenters. The van der Waals surface area contributed by atoms with Gasteiger partial charge in [-0.2, -0.15) is 9.29 Å². The molecule has 2 aliphatic rings. The van der Waals surface area contributed by atoms with Gasteiger partial charge in [0.05, 0.1) is 4.90 Å². The molecule has 0 saturated heterocycles. The van der Waals surface area contributed by atoms with E-state index in [9.17, 15) is 13.2 Å². The van der Waals surface area contributed by atoms with Crippen LogP contribution in [0.5, 0.6) is 0 Å². The van der Waals surface area contributed by atoms with Gasteiger partial charge in [0.2, 0.25) is 15.9 Å². The van der Waals surface area contributed by atoms with Crippen LogP contribution in [0.2, 0.25) is 0 Å². The van der Waals surface area contributed by atoms with Gasteiger partial charge in [-0.25, -0.2) is 8.42 Å². The predicted octanol–water partition coefficient (Wildman–Crippen LogP) is 4.03. The fraction of sp³-hybridized carbons (Fsp3) is 0.609. The molecule has 4 rings (SSSR count). The number of aromatic nitrogens is 2. The zero-order chi connectivity index (χ0) is 22.9. The van der Waals surface area contributed by atoms with E-state index in [1.165, 1.54) is 16.4 Å². The van der Waals surface area contributed by atoms with Gasteiger partial charge in [-0.05, 0) is 55.9 Å². The van der Waals surface area contributed by atoms with Crippen LogP contribution >= 0.6 is 0 Å². The molecule has 32 heavy (non-hydrogen) atoms. The van der Waals surface area contributed by atoms with E-state index in [0.717, 1.165) is 44.9 Å². The molecule has 0 bridgehead atoms. The number of hydrogen-bond donors (Lipinski definition) is 1. The first-order chi connectivity index (χ1) is 15.3. The van der Waals surface area contributed by atoms with Crippen LogP contribution in [0.25, 0.3) is 0 Å². The smallest absolute Gasteiger partial charge is 0.251 e. The average molecular weight is 461 g/mol. The Morgan fingerprint density at radius 2 is 1.75 bits per heavy atom. The average Bonchev–Trinajstić information content (AvgIpc) is 3.54. The summed E-state index contributed by atoms with van der Waals surface area (Å²) in [6.45, 7) is 3.95. The fourth-order valence-electron chi connectivity index (χ4n) is 4.20. The molecular formula is C23H32N4O4S. The molecule has 1 atom stereocenters. The molecule has 0 aliphatic heterocycles. The van der Waals surface area contributed by atoms with Gasteiger partial charge >= 0.3 is 0 Å². The van der Waals surface area contributed by atoms with Crippen molar-refractivity contribution in [3.05, 3.63) is 41.5 Å². The first-order valence-electron chi connectivity index (χ1n) is 11.5. The summed E-state index contributed by atoms with van der Waals surface area (Å²) < 4.78 is 33.0. The van der Waals surface area contributed by atoms with Crippen molar-refractivity contribution in [2.75, 3.05) is 7.05 Å². The Labute approximate surface area is 189 Å². The lowest BCUT2D eigenvalue weighted by Gasteiger charge is -2.30. The first-order valence-corrected chi connectivity index (χ1v) is 12.9. The predicted molar refractivity (Wildman–Crippen MR) is 120 cm³/mol. The molecule has 2 saturated carbocycles. The highest BCUT2D eigenvalue weighted by molar-refractivity contribution is 7.89. The maximum atomic E-state index is 13.0. The molecule has 2 fully saturated rings. The van der Waals surface area contributed by atoms with Crippen LogP contribution in [0.4, 0.5) is 0 Å². The lowest BCUT2D eigenvalue weighted by atomic mass is 9.96. The topological polar surface area (TPSA) is 105 Å². The van der Waals surface area contributed by atoms with E-state index in [0.29, 0.717) is 23.2 Å². The first kappa shape index (κ1) is 22.9. The largest absolute Gasteiger partial charge is 0.340 e. The molecule has 0 spiro atoms. The fourth-order valence-corrected chi connectivity index (χ4v) is 5.62. The maximum absolute atomic E-state index is 13.0. The van der Waals surface area contributed by atoms with Gasteiger partial charge in [0.15, 0.2) is 5.82 Å². The molecule has 2 aromatic rings. The zero-order valence-corrected chi connectivity index (χ0v) is 19.8. The second-order valence-electron chi connectivity index (χ2n) is 9.30. The highest BCUT2D eigenvalue weighted by Crippen LogP contribution is 2.38. The SMILES string of the molecule is CC(C)C(NC(=O)c1ccc(S(=O)(=O)N(C)C2CCCCC2)cc1)c1nc(C2CC2)no1. The van der Waals surface area contributed by atoms with Crippen molar-refractivity contribution in [3.8, 4) is 0 Å². The van der Waals surface area contributed by atoms with Gasteiger partial charge in [0.25, 0.3) is 5.91 Å². The van der Waals surface area contributed by atoms with E-state index in [-0.39, 0.29) is 22.8 Å². The Hall–Kier alpha value is -2.26. The van der Waals surface area contributed by atoms with Crippen LogP contribution in [-0.4, -0.2) is 41.9 Å². The van der Waals surface area contributed by atoms with E-state index in [1.54, 1.807) is 19.2 Å². The third-order valence-electron chi connectivity index (χ3n) is 6.50. The molecule has 0 radical (unpaired) electrons. The summed E-state index contributed by atoms with van der Waals surface area (Å²) in [5.74, 6) is 1.23. The van der Waals surface area contributed by atoms with Crippen molar-refractivity contribution in [3.63, 3.8) is 0 Å².